The van der Waals surface area contributed by atoms with E-state index in [0.717, 1.165) is 0 Å². The Balaban J connectivity index is 2.49. The van der Waals surface area contributed by atoms with Crippen molar-refractivity contribution in [1.82, 2.24) is 4.90 Å². The largest absolute Gasteiger partial charge is 0.466 e. The summed E-state index contributed by atoms with van der Waals surface area (Å²) in [5.41, 5.74) is 0. The van der Waals surface area contributed by atoms with Crippen molar-refractivity contribution in [2.75, 3.05) is 19.8 Å². The van der Waals surface area contributed by atoms with Crippen LogP contribution in [0.15, 0.2) is 0 Å². The van der Waals surface area contributed by atoms with Crippen LogP contribution in [0.5, 0.6) is 0 Å². The topological polar surface area (TPSA) is 55.8 Å². The van der Waals surface area contributed by atoms with Crippen LogP contribution < -0.4 is 0 Å². The maximum atomic E-state index is 11.6. The van der Waals surface area contributed by atoms with Crippen molar-refractivity contribution in [3.05, 3.63) is 0 Å². The molecule has 0 aromatic heterocycles. The summed E-state index contributed by atoms with van der Waals surface area (Å²) in [5.74, 6) is -0.238. The van der Waals surface area contributed by atoms with Gasteiger partial charge in [0.25, 0.3) is 0 Å². The van der Waals surface area contributed by atoms with Crippen LogP contribution in [-0.4, -0.2) is 42.8 Å². The maximum Gasteiger partial charge on any atom is 0.409 e. The Morgan fingerprint density at radius 2 is 1.88 bits per heavy atom. The van der Waals surface area contributed by atoms with Gasteiger partial charge in [0.05, 0.1) is 19.1 Å². The van der Waals surface area contributed by atoms with Crippen molar-refractivity contribution < 1.29 is 19.1 Å². The molecule has 0 aliphatic carbocycles. The summed E-state index contributed by atoms with van der Waals surface area (Å²) in [6.07, 6.45) is 1.02. The first-order valence-corrected chi connectivity index (χ1v) is 6.20. The Morgan fingerprint density at radius 3 is 2.41 bits per heavy atom. The minimum absolute atomic E-state index is 0.0252. The molecule has 1 amide bonds. The zero-order valence-electron chi connectivity index (χ0n) is 10.8. The van der Waals surface area contributed by atoms with E-state index in [1.165, 1.54) is 0 Å². The molecule has 0 spiro atoms. The first-order chi connectivity index (χ1) is 8.10. The molecule has 0 aromatic rings. The van der Waals surface area contributed by atoms with Gasteiger partial charge >= 0.3 is 12.1 Å². The highest BCUT2D eigenvalue weighted by molar-refractivity contribution is 5.73. The number of piperidine rings is 1. The molecular weight excluding hydrogens is 222 g/mol. The SMILES string of the molecule is CCOC(=O)C1CCN(C(=O)OCC)C(C)C1. The van der Waals surface area contributed by atoms with Gasteiger partial charge in [0.2, 0.25) is 0 Å². The molecule has 0 aromatic carbocycles. The summed E-state index contributed by atoms with van der Waals surface area (Å²) in [6.45, 7) is 6.86. The molecule has 0 saturated carbocycles. The third-order valence-electron chi connectivity index (χ3n) is 3.00. The van der Waals surface area contributed by atoms with Gasteiger partial charge in [-0.2, -0.15) is 0 Å². The van der Waals surface area contributed by atoms with Crippen molar-refractivity contribution in [2.24, 2.45) is 5.92 Å². The predicted octanol–water partition coefficient (Wildman–Crippen LogP) is 1.81. The van der Waals surface area contributed by atoms with Gasteiger partial charge in [0.15, 0.2) is 0 Å². The van der Waals surface area contributed by atoms with E-state index in [1.54, 1.807) is 18.7 Å². The lowest BCUT2D eigenvalue weighted by Crippen LogP contribution is -2.46. The minimum atomic E-state index is -0.290. The lowest BCUT2D eigenvalue weighted by Gasteiger charge is -2.35. The van der Waals surface area contributed by atoms with Gasteiger partial charge < -0.3 is 14.4 Å². The molecule has 2 atom stereocenters. The van der Waals surface area contributed by atoms with E-state index in [4.69, 9.17) is 9.47 Å². The Hall–Kier alpha value is -1.26. The normalized spacial score (nSPS) is 24.3. The van der Waals surface area contributed by atoms with Crippen molar-refractivity contribution in [2.45, 2.75) is 39.7 Å². The number of likely N-dealkylation sites (tertiary alicyclic amines) is 1. The lowest BCUT2D eigenvalue weighted by molar-refractivity contribution is -0.150. The standard InChI is InChI=1S/C12H21NO4/c1-4-16-11(14)10-6-7-13(9(3)8-10)12(15)17-5-2/h9-10H,4-8H2,1-3H3. The molecule has 2 unspecified atom stereocenters. The summed E-state index contributed by atoms with van der Waals surface area (Å²) < 4.78 is 9.97. The zero-order valence-corrected chi connectivity index (χ0v) is 10.8. The van der Waals surface area contributed by atoms with Crippen LogP contribution in [0.3, 0.4) is 0 Å². The number of esters is 1. The number of hydrogen-bond acceptors (Lipinski definition) is 4. The first-order valence-electron chi connectivity index (χ1n) is 6.20. The molecule has 0 radical (unpaired) electrons. The van der Waals surface area contributed by atoms with Crippen LogP contribution in [0.1, 0.15) is 33.6 Å². The lowest BCUT2D eigenvalue weighted by atomic mass is 9.92. The maximum absolute atomic E-state index is 11.6. The molecule has 1 fully saturated rings. The highest BCUT2D eigenvalue weighted by atomic mass is 16.6. The number of amides is 1. The highest BCUT2D eigenvalue weighted by Gasteiger charge is 2.33. The smallest absolute Gasteiger partial charge is 0.409 e. The molecule has 1 aliphatic rings. The molecule has 1 heterocycles. The quantitative estimate of drug-likeness (QED) is 0.709. The summed E-state index contributed by atoms with van der Waals surface area (Å²) in [7, 11) is 0. The second kappa shape index (κ2) is 6.47. The highest BCUT2D eigenvalue weighted by Crippen LogP contribution is 2.24. The van der Waals surface area contributed by atoms with Crippen LogP contribution in [0.4, 0.5) is 4.79 Å². The van der Waals surface area contributed by atoms with Gasteiger partial charge in [-0.05, 0) is 33.6 Å². The minimum Gasteiger partial charge on any atom is -0.466 e. The summed E-state index contributed by atoms with van der Waals surface area (Å²) in [4.78, 5) is 24.9. The molecule has 98 valence electrons. The molecule has 0 bridgehead atoms. The molecule has 5 heteroatoms. The molecular formula is C12H21NO4. The Morgan fingerprint density at radius 1 is 1.24 bits per heavy atom. The molecule has 1 rings (SSSR count). The Labute approximate surface area is 102 Å². The molecule has 1 saturated heterocycles. The first kappa shape index (κ1) is 13.8. The number of ether oxygens (including phenoxy) is 2. The van der Waals surface area contributed by atoms with Gasteiger partial charge in [0.1, 0.15) is 0 Å². The van der Waals surface area contributed by atoms with Crippen molar-refractivity contribution >= 4 is 12.1 Å². The fraction of sp³-hybridized carbons (Fsp3) is 0.833. The van der Waals surface area contributed by atoms with Gasteiger partial charge in [-0.25, -0.2) is 4.79 Å². The predicted molar refractivity (Wildman–Crippen MR) is 62.5 cm³/mol. The van der Waals surface area contributed by atoms with Gasteiger partial charge in [-0.1, -0.05) is 0 Å². The van der Waals surface area contributed by atoms with Crippen LogP contribution in [0, 0.1) is 5.92 Å². The second-order valence-corrected chi connectivity index (χ2v) is 4.21. The van der Waals surface area contributed by atoms with E-state index >= 15 is 0 Å². The molecule has 0 N–H and O–H groups in total. The third kappa shape index (κ3) is 3.61. The van der Waals surface area contributed by atoms with E-state index in [2.05, 4.69) is 0 Å². The number of carbonyl (C=O) groups excluding carboxylic acids is 2. The zero-order chi connectivity index (χ0) is 12.8. The summed E-state index contributed by atoms with van der Waals surface area (Å²) in [6, 6.07) is 0.0252. The van der Waals surface area contributed by atoms with Gasteiger partial charge in [-0.15, -0.1) is 0 Å². The molecule has 17 heavy (non-hydrogen) atoms. The average Bonchev–Trinajstić information content (AvgIpc) is 2.29. The number of carbonyl (C=O) groups is 2. The van der Waals surface area contributed by atoms with E-state index in [9.17, 15) is 9.59 Å². The fourth-order valence-electron chi connectivity index (χ4n) is 2.12. The van der Waals surface area contributed by atoms with Crippen molar-refractivity contribution in [3.8, 4) is 0 Å². The fourth-order valence-corrected chi connectivity index (χ4v) is 2.12. The Bertz CT molecular complexity index is 280. The van der Waals surface area contributed by atoms with Crippen LogP contribution in [0.25, 0.3) is 0 Å². The van der Waals surface area contributed by atoms with Crippen molar-refractivity contribution in [1.29, 1.82) is 0 Å². The van der Waals surface area contributed by atoms with Crippen molar-refractivity contribution in [3.63, 3.8) is 0 Å². The van der Waals surface area contributed by atoms with Crippen LogP contribution >= 0.6 is 0 Å². The summed E-state index contributed by atoms with van der Waals surface area (Å²) >= 11 is 0. The number of rotatable bonds is 3. The molecule has 1 aliphatic heterocycles. The average molecular weight is 243 g/mol. The monoisotopic (exact) mass is 243 g/mol. The summed E-state index contributed by atoms with van der Waals surface area (Å²) in [5, 5.41) is 0. The van der Waals surface area contributed by atoms with Crippen LogP contribution in [0.2, 0.25) is 0 Å². The van der Waals surface area contributed by atoms with E-state index in [0.29, 0.717) is 32.6 Å². The number of nitrogens with zero attached hydrogens (tertiary/aromatic N) is 1. The third-order valence-corrected chi connectivity index (χ3v) is 3.00. The number of hydrogen-bond donors (Lipinski definition) is 0. The van der Waals surface area contributed by atoms with Crippen LogP contribution in [-0.2, 0) is 14.3 Å². The Kier molecular flexibility index (Phi) is 5.25. The second-order valence-electron chi connectivity index (χ2n) is 4.21. The molecule has 5 nitrogen and oxygen atoms in total. The van der Waals surface area contributed by atoms with Gasteiger partial charge in [0, 0.05) is 12.6 Å². The van der Waals surface area contributed by atoms with E-state index < -0.39 is 0 Å². The van der Waals surface area contributed by atoms with Gasteiger partial charge in [-0.3, -0.25) is 4.79 Å². The van der Waals surface area contributed by atoms with E-state index in [-0.39, 0.29) is 24.0 Å². The van der Waals surface area contributed by atoms with E-state index in [1.807, 2.05) is 6.92 Å².